The van der Waals surface area contributed by atoms with Crippen LogP contribution in [0, 0.1) is 0 Å². The summed E-state index contributed by atoms with van der Waals surface area (Å²) in [7, 11) is 4.33. The monoisotopic (exact) mass is 285 g/mol. The number of hydrogen-bond donors (Lipinski definition) is 1. The fourth-order valence-corrected chi connectivity index (χ4v) is 3.49. The topological polar surface area (TPSA) is 31.5 Å². The molecule has 1 fully saturated rings. The van der Waals surface area contributed by atoms with E-state index in [-0.39, 0.29) is 0 Å². The van der Waals surface area contributed by atoms with Crippen LogP contribution in [0.5, 0.6) is 5.75 Å². The Hall–Kier alpha value is -1.52. The van der Waals surface area contributed by atoms with Gasteiger partial charge in [0.2, 0.25) is 0 Å². The molecular weight excluding hydrogens is 262 g/mol. The number of fused-ring (bicyclic) bond motifs is 3. The van der Waals surface area contributed by atoms with E-state index in [2.05, 4.69) is 47.1 Å². The van der Waals surface area contributed by atoms with Crippen LogP contribution in [0.25, 0.3) is 10.9 Å². The van der Waals surface area contributed by atoms with Crippen LogP contribution in [0.4, 0.5) is 0 Å². The molecule has 1 N–H and O–H groups in total. The van der Waals surface area contributed by atoms with E-state index in [0.717, 1.165) is 44.8 Å². The number of H-pyrrole nitrogens is 1. The number of benzene rings is 1. The van der Waals surface area contributed by atoms with Gasteiger partial charge in [0.1, 0.15) is 11.9 Å². The SMILES string of the molecule is CN1CCc2[nH]c3cc(OC4CN(C)C4)ccc3c2CC1. The van der Waals surface area contributed by atoms with Crippen LogP contribution in [-0.2, 0) is 12.8 Å². The molecule has 21 heavy (non-hydrogen) atoms. The summed E-state index contributed by atoms with van der Waals surface area (Å²) in [6, 6.07) is 6.53. The number of nitrogens with one attached hydrogen (secondary N) is 1. The summed E-state index contributed by atoms with van der Waals surface area (Å²) in [5.41, 5.74) is 4.15. The van der Waals surface area contributed by atoms with Crippen molar-refractivity contribution in [3.8, 4) is 5.75 Å². The highest BCUT2D eigenvalue weighted by atomic mass is 16.5. The van der Waals surface area contributed by atoms with Gasteiger partial charge in [0.25, 0.3) is 0 Å². The van der Waals surface area contributed by atoms with Crippen LogP contribution in [-0.4, -0.2) is 61.2 Å². The summed E-state index contributed by atoms with van der Waals surface area (Å²) in [4.78, 5) is 8.30. The smallest absolute Gasteiger partial charge is 0.124 e. The number of likely N-dealkylation sites (tertiary alicyclic amines) is 1. The quantitative estimate of drug-likeness (QED) is 0.914. The summed E-state index contributed by atoms with van der Waals surface area (Å²) < 4.78 is 6.03. The first-order valence-corrected chi connectivity index (χ1v) is 7.86. The van der Waals surface area contributed by atoms with Crippen LogP contribution < -0.4 is 4.74 Å². The van der Waals surface area contributed by atoms with Crippen molar-refractivity contribution in [1.82, 2.24) is 14.8 Å². The highest BCUT2D eigenvalue weighted by molar-refractivity contribution is 5.86. The van der Waals surface area contributed by atoms with Crippen molar-refractivity contribution in [3.05, 3.63) is 29.5 Å². The Morgan fingerprint density at radius 1 is 1.10 bits per heavy atom. The van der Waals surface area contributed by atoms with Gasteiger partial charge in [-0.3, -0.25) is 4.90 Å². The maximum absolute atomic E-state index is 6.03. The van der Waals surface area contributed by atoms with Crippen molar-refractivity contribution in [2.75, 3.05) is 40.3 Å². The molecule has 0 unspecified atom stereocenters. The zero-order valence-electron chi connectivity index (χ0n) is 12.9. The fourth-order valence-electron chi connectivity index (χ4n) is 3.49. The highest BCUT2D eigenvalue weighted by Crippen LogP contribution is 2.29. The second kappa shape index (κ2) is 5.04. The Bertz CT molecular complexity index is 657. The van der Waals surface area contributed by atoms with E-state index in [1.807, 2.05) is 0 Å². The van der Waals surface area contributed by atoms with Gasteiger partial charge >= 0.3 is 0 Å². The molecule has 112 valence electrons. The van der Waals surface area contributed by atoms with Crippen molar-refractivity contribution in [2.45, 2.75) is 18.9 Å². The predicted molar refractivity (Wildman–Crippen MR) is 85.1 cm³/mol. The van der Waals surface area contributed by atoms with E-state index >= 15 is 0 Å². The minimum atomic E-state index is 0.355. The van der Waals surface area contributed by atoms with Crippen LogP contribution in [0.15, 0.2) is 18.2 Å². The van der Waals surface area contributed by atoms with Crippen molar-refractivity contribution in [1.29, 1.82) is 0 Å². The summed E-state index contributed by atoms with van der Waals surface area (Å²) in [5, 5.41) is 1.37. The van der Waals surface area contributed by atoms with Crippen LogP contribution in [0.3, 0.4) is 0 Å². The summed E-state index contributed by atoms with van der Waals surface area (Å²) in [6.07, 6.45) is 2.61. The molecular formula is C17H23N3O. The standard InChI is InChI=1S/C17H23N3O/c1-19-7-5-15-14-4-3-12(21-13-10-20(2)11-13)9-17(14)18-16(15)6-8-19/h3-4,9,13,18H,5-8,10-11H2,1-2H3. The van der Waals surface area contributed by atoms with E-state index in [0.29, 0.717) is 6.10 Å². The van der Waals surface area contributed by atoms with Crippen molar-refractivity contribution < 1.29 is 4.74 Å². The largest absolute Gasteiger partial charge is 0.488 e. The molecule has 4 heteroatoms. The molecule has 0 amide bonds. The summed E-state index contributed by atoms with van der Waals surface area (Å²) in [6.45, 7) is 4.35. The van der Waals surface area contributed by atoms with Gasteiger partial charge < -0.3 is 14.6 Å². The normalized spacial score (nSPS) is 21.0. The Kier molecular flexibility index (Phi) is 3.16. The second-order valence-electron chi connectivity index (χ2n) is 6.55. The van der Waals surface area contributed by atoms with Gasteiger partial charge in [0.15, 0.2) is 0 Å². The lowest BCUT2D eigenvalue weighted by molar-refractivity contribution is 0.0389. The third kappa shape index (κ3) is 2.43. The Balaban J connectivity index is 1.61. The third-order valence-electron chi connectivity index (χ3n) is 4.79. The molecule has 0 bridgehead atoms. The van der Waals surface area contributed by atoms with Gasteiger partial charge in [-0.1, -0.05) is 0 Å². The number of aromatic nitrogens is 1. The van der Waals surface area contributed by atoms with E-state index < -0.39 is 0 Å². The Morgan fingerprint density at radius 2 is 1.90 bits per heavy atom. The van der Waals surface area contributed by atoms with E-state index in [4.69, 9.17) is 4.74 Å². The van der Waals surface area contributed by atoms with Crippen LogP contribution >= 0.6 is 0 Å². The second-order valence-corrected chi connectivity index (χ2v) is 6.55. The minimum Gasteiger partial charge on any atom is -0.488 e. The van der Waals surface area contributed by atoms with Gasteiger partial charge in [0, 0.05) is 55.3 Å². The van der Waals surface area contributed by atoms with E-state index in [9.17, 15) is 0 Å². The molecule has 4 nitrogen and oxygen atoms in total. The molecule has 1 aromatic carbocycles. The molecule has 0 aliphatic carbocycles. The number of hydrogen-bond acceptors (Lipinski definition) is 3. The first kappa shape index (κ1) is 13.2. The Labute approximate surface area is 125 Å². The van der Waals surface area contributed by atoms with E-state index in [1.54, 1.807) is 0 Å². The minimum absolute atomic E-state index is 0.355. The van der Waals surface area contributed by atoms with Crippen molar-refractivity contribution in [3.63, 3.8) is 0 Å². The Morgan fingerprint density at radius 3 is 2.71 bits per heavy atom. The molecule has 2 aliphatic rings. The fraction of sp³-hybridized carbons (Fsp3) is 0.529. The predicted octanol–water partition coefficient (Wildman–Crippen LogP) is 1.89. The number of aromatic amines is 1. The third-order valence-corrected chi connectivity index (χ3v) is 4.79. The maximum atomic E-state index is 6.03. The average molecular weight is 285 g/mol. The van der Waals surface area contributed by atoms with Crippen LogP contribution in [0.1, 0.15) is 11.3 Å². The molecule has 1 aromatic heterocycles. The highest BCUT2D eigenvalue weighted by Gasteiger charge is 2.25. The molecule has 0 atom stereocenters. The zero-order valence-corrected chi connectivity index (χ0v) is 12.9. The number of likely N-dealkylation sites (N-methyl/N-ethyl adjacent to an activating group) is 2. The van der Waals surface area contributed by atoms with Crippen LogP contribution in [0.2, 0.25) is 0 Å². The molecule has 4 rings (SSSR count). The molecule has 1 saturated heterocycles. The number of ether oxygens (including phenoxy) is 1. The molecule has 0 saturated carbocycles. The molecule has 0 spiro atoms. The lowest BCUT2D eigenvalue weighted by Gasteiger charge is -2.35. The maximum Gasteiger partial charge on any atom is 0.124 e. The van der Waals surface area contributed by atoms with Gasteiger partial charge in [0.05, 0.1) is 0 Å². The van der Waals surface area contributed by atoms with Gasteiger partial charge in [-0.25, -0.2) is 0 Å². The van der Waals surface area contributed by atoms with E-state index in [1.165, 1.54) is 22.2 Å². The first-order chi connectivity index (χ1) is 10.2. The summed E-state index contributed by atoms with van der Waals surface area (Å²) in [5.74, 6) is 0.995. The van der Waals surface area contributed by atoms with Crippen molar-refractivity contribution in [2.24, 2.45) is 0 Å². The lowest BCUT2D eigenvalue weighted by atomic mass is 10.1. The van der Waals surface area contributed by atoms with Crippen molar-refractivity contribution >= 4 is 10.9 Å². The number of rotatable bonds is 2. The van der Waals surface area contributed by atoms with Gasteiger partial charge in [-0.2, -0.15) is 0 Å². The number of nitrogens with zero attached hydrogens (tertiary/aromatic N) is 2. The molecule has 2 aromatic rings. The average Bonchev–Trinajstić information content (AvgIpc) is 2.68. The molecule has 0 radical (unpaired) electrons. The zero-order chi connectivity index (χ0) is 14.4. The molecule has 3 heterocycles. The van der Waals surface area contributed by atoms with Gasteiger partial charge in [-0.15, -0.1) is 0 Å². The lowest BCUT2D eigenvalue weighted by Crippen LogP contribution is -2.51. The first-order valence-electron chi connectivity index (χ1n) is 7.86. The molecule has 2 aliphatic heterocycles. The summed E-state index contributed by atoms with van der Waals surface area (Å²) >= 11 is 0. The van der Waals surface area contributed by atoms with Gasteiger partial charge in [-0.05, 0) is 38.2 Å².